The molecule has 0 aliphatic rings. The summed E-state index contributed by atoms with van der Waals surface area (Å²) in [5.41, 5.74) is 0. The lowest BCUT2D eigenvalue weighted by Crippen LogP contribution is -1.88. The Morgan fingerprint density at radius 1 is 0.472 bits per heavy atom. The Hall–Kier alpha value is -5.16. The van der Waals surface area contributed by atoms with Crippen LogP contribution in [0, 0.1) is 36.4 Å². The first-order valence-electron chi connectivity index (χ1n) is 11.8. The number of hydrogen-bond acceptors (Lipinski definition) is 1. The van der Waals surface area contributed by atoms with Gasteiger partial charge in [-0.25, -0.2) is 0 Å². The zero-order chi connectivity index (χ0) is 24.1. The highest BCUT2D eigenvalue weighted by Crippen LogP contribution is 2.38. The average molecular weight is 455 g/mol. The quantitative estimate of drug-likeness (QED) is 0.226. The molecule has 36 heavy (non-hydrogen) atoms. The van der Waals surface area contributed by atoms with E-state index < -0.39 is 0 Å². The Morgan fingerprint density at radius 3 is 1.53 bits per heavy atom. The fourth-order valence-corrected chi connectivity index (χ4v) is 5.19. The van der Waals surface area contributed by atoms with Gasteiger partial charge < -0.3 is 4.74 Å². The van der Waals surface area contributed by atoms with Gasteiger partial charge in [0.05, 0.1) is 7.11 Å². The van der Waals surface area contributed by atoms with Crippen LogP contribution in [0.5, 0.6) is 5.75 Å². The van der Waals surface area contributed by atoms with Gasteiger partial charge in [0.15, 0.2) is 0 Å². The van der Waals surface area contributed by atoms with Gasteiger partial charge in [0.25, 0.3) is 0 Å². The minimum Gasteiger partial charge on any atom is -0.495 e. The van der Waals surface area contributed by atoms with Crippen molar-refractivity contribution in [3.63, 3.8) is 0 Å². The second-order valence-corrected chi connectivity index (χ2v) is 8.87. The van der Waals surface area contributed by atoms with Crippen LogP contribution >= 0.6 is 0 Å². The number of ether oxygens (including phenoxy) is 1. The van der Waals surface area contributed by atoms with Crippen molar-refractivity contribution in [3.05, 3.63) is 127 Å². The fourth-order valence-electron chi connectivity index (χ4n) is 5.19. The Bertz CT molecular complexity index is 2030. The highest BCUT2D eigenvalue weighted by atomic mass is 16.5. The highest BCUT2D eigenvalue weighted by Gasteiger charge is 2.11. The fraction of sp³-hybridized carbons (Fsp3) is 0.0286. The van der Waals surface area contributed by atoms with Crippen LogP contribution in [0.25, 0.3) is 64.6 Å². The molecule has 0 spiro atoms. The summed E-state index contributed by atoms with van der Waals surface area (Å²) in [6.45, 7) is 0. The van der Waals surface area contributed by atoms with E-state index in [1.54, 1.807) is 7.11 Å². The van der Waals surface area contributed by atoms with Gasteiger partial charge in [0.2, 0.25) is 0 Å². The highest BCUT2D eigenvalue weighted by molar-refractivity contribution is 6.16. The lowest BCUT2D eigenvalue weighted by Gasteiger charge is -2.11. The van der Waals surface area contributed by atoms with E-state index >= 15 is 0 Å². The molecule has 7 aromatic rings. The maximum Gasteiger partial charge on any atom is 0.137 e. The molecular formula is C35H18O. The zero-order valence-corrected chi connectivity index (χ0v) is 19.6. The molecule has 0 unspecified atom stereocenters. The topological polar surface area (TPSA) is 9.23 Å². The summed E-state index contributed by atoms with van der Waals surface area (Å²) in [4.78, 5) is 0. The molecule has 0 saturated heterocycles. The predicted octanol–water partition coefficient (Wildman–Crippen LogP) is 8.54. The van der Waals surface area contributed by atoms with Crippen LogP contribution in [0.2, 0.25) is 0 Å². The van der Waals surface area contributed by atoms with E-state index in [4.69, 9.17) is 4.74 Å². The van der Waals surface area contributed by atoms with E-state index in [-0.39, 0.29) is 0 Å². The van der Waals surface area contributed by atoms with E-state index in [1.165, 1.54) is 0 Å². The number of benzene rings is 6. The van der Waals surface area contributed by atoms with Crippen molar-refractivity contribution in [3.8, 4) is 5.75 Å². The maximum absolute atomic E-state index is 6.03. The lowest BCUT2D eigenvalue weighted by molar-refractivity contribution is 0.425. The van der Waals surface area contributed by atoms with Crippen molar-refractivity contribution < 1.29 is 4.74 Å². The number of rotatable bonds is 1. The average Bonchev–Trinajstić information content (AvgIpc) is 2.91. The molecule has 0 saturated carbocycles. The minimum absolute atomic E-state index is 0.794. The molecule has 4 bridgehead atoms. The first kappa shape index (κ1) is 20.2. The van der Waals surface area contributed by atoms with Crippen LogP contribution in [0.15, 0.2) is 91.0 Å². The summed E-state index contributed by atoms with van der Waals surface area (Å²) in [5, 5.41) is 12.5. The van der Waals surface area contributed by atoms with Gasteiger partial charge in [0.1, 0.15) is 5.75 Å². The molecule has 7 rings (SSSR count). The summed E-state index contributed by atoms with van der Waals surface area (Å²) >= 11 is 0. The lowest BCUT2D eigenvalue weighted by atomic mass is 9.98. The normalized spacial score (nSPS) is 10.8. The van der Waals surface area contributed by atoms with Crippen molar-refractivity contribution in [1.29, 1.82) is 0 Å². The third-order valence-electron chi connectivity index (χ3n) is 6.83. The second-order valence-electron chi connectivity index (χ2n) is 8.87. The molecule has 0 heterocycles. The molecule has 0 aliphatic heterocycles. The largest absolute Gasteiger partial charge is 0.495 e. The van der Waals surface area contributed by atoms with Gasteiger partial charge in [0, 0.05) is 32.3 Å². The molecule has 1 nitrogen and oxygen atoms in total. The summed E-state index contributed by atoms with van der Waals surface area (Å²) in [5.74, 6) is 0.794. The summed E-state index contributed by atoms with van der Waals surface area (Å²) in [7, 11) is 1.72. The van der Waals surface area contributed by atoms with Crippen molar-refractivity contribution in [2.24, 2.45) is 0 Å². The Morgan fingerprint density at radius 2 is 0.917 bits per heavy atom. The van der Waals surface area contributed by atoms with Crippen molar-refractivity contribution in [1.82, 2.24) is 0 Å². The zero-order valence-electron chi connectivity index (χ0n) is 19.6. The Labute approximate surface area is 209 Å². The Kier molecular flexibility index (Phi) is 4.47. The molecule has 1 heteroatoms. The van der Waals surface area contributed by atoms with Gasteiger partial charge in [-0.05, 0) is 86.9 Å². The van der Waals surface area contributed by atoms with Crippen molar-refractivity contribution in [2.75, 3.05) is 7.11 Å². The first-order valence-corrected chi connectivity index (χ1v) is 11.8. The van der Waals surface area contributed by atoms with E-state index in [1.807, 2.05) is 24.3 Å². The summed E-state index contributed by atoms with van der Waals surface area (Å²) in [6.07, 6.45) is 0. The van der Waals surface area contributed by atoms with Crippen molar-refractivity contribution in [2.45, 2.75) is 0 Å². The second kappa shape index (κ2) is 7.96. The Balaban J connectivity index is 1.74. The predicted molar refractivity (Wildman–Crippen MR) is 149 cm³/mol. The number of hydrogen-bond donors (Lipinski definition) is 0. The van der Waals surface area contributed by atoms with Crippen LogP contribution in [0.4, 0.5) is 0 Å². The third kappa shape index (κ3) is 3.11. The molecule has 0 fully saturated rings. The maximum atomic E-state index is 6.03. The minimum atomic E-state index is 0.794. The van der Waals surface area contributed by atoms with E-state index in [0.717, 1.165) is 70.4 Å². The van der Waals surface area contributed by atoms with Crippen LogP contribution in [0.1, 0.15) is 0 Å². The van der Waals surface area contributed by atoms with Crippen molar-refractivity contribution >= 4 is 64.6 Å². The van der Waals surface area contributed by atoms with Crippen LogP contribution in [-0.4, -0.2) is 7.11 Å². The molecule has 0 N–H and O–H groups in total. The summed E-state index contributed by atoms with van der Waals surface area (Å²) < 4.78 is 6.03. The van der Waals surface area contributed by atoms with Crippen LogP contribution in [-0.2, 0) is 0 Å². The van der Waals surface area contributed by atoms with E-state index in [9.17, 15) is 0 Å². The van der Waals surface area contributed by atoms with Crippen LogP contribution < -0.4 is 4.74 Å². The molecule has 164 valence electrons. The molecule has 0 radical (unpaired) electrons. The van der Waals surface area contributed by atoms with Gasteiger partial charge in [-0.3, -0.25) is 0 Å². The smallest absolute Gasteiger partial charge is 0.137 e. The molecule has 0 amide bonds. The third-order valence-corrected chi connectivity index (χ3v) is 6.83. The standard InChI is InChI=1S/C35H18O/c1-36-35-33-25-9-3-2-8-23-10-4-14-27-20-28-15-5-11-24(32(28)22-31(23)27)18-19-26-13-7-17-30(34(26)35)21-29(33)16-6-12-25/h4-7,10-17,20-22H,1H3. The van der Waals surface area contributed by atoms with Gasteiger partial charge >= 0.3 is 0 Å². The number of methoxy groups -OCH3 is 1. The SMILES string of the molecule is COc1c2c3c#cc#cc4cccc5cc6cccc(c#cc7cccc(cc2ccc3)c17)c6cc45. The van der Waals surface area contributed by atoms with E-state index in [0.29, 0.717) is 0 Å². The molecular weight excluding hydrogens is 436 g/mol. The molecule has 7 aromatic carbocycles. The molecule has 0 aromatic heterocycles. The van der Waals surface area contributed by atoms with Crippen LogP contribution in [0.3, 0.4) is 0 Å². The van der Waals surface area contributed by atoms with E-state index in [2.05, 4.69) is 103 Å². The van der Waals surface area contributed by atoms with Gasteiger partial charge in [-0.15, -0.1) is 0 Å². The first-order chi connectivity index (χ1) is 17.8. The monoisotopic (exact) mass is 454 g/mol. The van der Waals surface area contributed by atoms with Gasteiger partial charge in [-0.2, -0.15) is 0 Å². The molecule has 0 atom stereocenters. The molecule has 0 aliphatic carbocycles. The summed E-state index contributed by atoms with van der Waals surface area (Å²) in [6, 6.07) is 51.2. The van der Waals surface area contributed by atoms with Gasteiger partial charge in [-0.1, -0.05) is 72.8 Å².